The number of carbonyl (C=O) groups is 1. The third-order valence-electron chi connectivity index (χ3n) is 3.99. The van der Waals surface area contributed by atoms with E-state index in [0.29, 0.717) is 11.6 Å². The van der Waals surface area contributed by atoms with Crippen LogP contribution in [0.3, 0.4) is 0 Å². The highest BCUT2D eigenvalue weighted by atomic mass is 16.6. The molecule has 1 atom stereocenters. The molecule has 0 amide bonds. The van der Waals surface area contributed by atoms with E-state index in [2.05, 4.69) is 11.9 Å². The molecule has 1 unspecified atom stereocenters. The number of hydrogen-bond acceptors (Lipinski definition) is 5. The van der Waals surface area contributed by atoms with Crippen molar-refractivity contribution in [2.75, 3.05) is 33.7 Å². The molecule has 1 aliphatic rings. The average molecular weight is 291 g/mol. The molecule has 21 heavy (non-hydrogen) atoms. The molecule has 0 aromatic heterocycles. The van der Waals surface area contributed by atoms with Gasteiger partial charge < -0.3 is 4.90 Å². The molecule has 0 saturated carbocycles. The molecule has 0 radical (unpaired) electrons. The Balaban J connectivity index is 1.94. The first-order valence-corrected chi connectivity index (χ1v) is 7.14. The lowest BCUT2D eigenvalue weighted by Gasteiger charge is -2.25. The zero-order valence-electron chi connectivity index (χ0n) is 12.5. The molecule has 0 bridgehead atoms. The van der Waals surface area contributed by atoms with Crippen LogP contribution < -0.4 is 0 Å². The van der Waals surface area contributed by atoms with Crippen LogP contribution in [-0.4, -0.2) is 60.3 Å². The van der Waals surface area contributed by atoms with Crippen molar-refractivity contribution in [2.24, 2.45) is 0 Å². The first-order chi connectivity index (χ1) is 9.97. The number of non-ortho nitro benzene ring substituents is 1. The van der Waals surface area contributed by atoms with Crippen LogP contribution in [0, 0.1) is 10.1 Å². The van der Waals surface area contributed by atoms with E-state index in [9.17, 15) is 14.9 Å². The normalized spacial score (nSPS) is 19.1. The largest absolute Gasteiger partial charge is 0.302 e. The van der Waals surface area contributed by atoms with Gasteiger partial charge in [-0.25, -0.2) is 0 Å². The van der Waals surface area contributed by atoms with Crippen molar-refractivity contribution in [2.45, 2.75) is 18.9 Å². The monoisotopic (exact) mass is 291 g/mol. The number of likely N-dealkylation sites (N-methyl/N-ethyl adjacent to an activating group) is 2. The summed E-state index contributed by atoms with van der Waals surface area (Å²) in [6, 6.07) is 6.42. The van der Waals surface area contributed by atoms with Gasteiger partial charge in [-0.2, -0.15) is 0 Å². The first-order valence-electron chi connectivity index (χ1n) is 7.14. The lowest BCUT2D eigenvalue weighted by atomic mass is 10.1. The fraction of sp³-hybridized carbons (Fsp3) is 0.533. The Hall–Kier alpha value is -1.79. The maximum Gasteiger partial charge on any atom is 0.270 e. The van der Waals surface area contributed by atoms with Crippen LogP contribution in [0.1, 0.15) is 23.2 Å². The Morgan fingerprint density at radius 3 is 2.90 bits per heavy atom. The number of carbonyl (C=O) groups excluding carboxylic acids is 1. The number of likely N-dealkylation sites (tertiary alicyclic amines) is 1. The molecule has 114 valence electrons. The van der Waals surface area contributed by atoms with E-state index >= 15 is 0 Å². The summed E-state index contributed by atoms with van der Waals surface area (Å²) in [5.74, 6) is -0.0816. The van der Waals surface area contributed by atoms with Gasteiger partial charge in [-0.1, -0.05) is 12.1 Å². The Bertz CT molecular complexity index is 533. The van der Waals surface area contributed by atoms with E-state index in [0.717, 1.165) is 19.5 Å². The van der Waals surface area contributed by atoms with Gasteiger partial charge in [0.2, 0.25) is 0 Å². The number of ketones is 1. The van der Waals surface area contributed by atoms with Crippen molar-refractivity contribution in [3.63, 3.8) is 0 Å². The molecule has 1 heterocycles. The Labute approximate surface area is 124 Å². The number of Topliss-reactive ketones (excluding diaryl/α,β-unsaturated/α-hetero) is 1. The lowest BCUT2D eigenvalue weighted by Crippen LogP contribution is -2.38. The molecular weight excluding hydrogens is 270 g/mol. The molecule has 0 N–H and O–H groups in total. The standard InChI is InChI=1S/C15H21N3O3/c1-16(10-14-7-4-8-17(14)2)11-15(19)12-5-3-6-13(9-12)18(20)21/h3,5-6,9,14H,4,7-8,10-11H2,1-2H3. The van der Waals surface area contributed by atoms with E-state index in [1.807, 2.05) is 11.9 Å². The van der Waals surface area contributed by atoms with Crippen molar-refractivity contribution < 1.29 is 9.72 Å². The number of benzene rings is 1. The highest BCUT2D eigenvalue weighted by molar-refractivity contribution is 5.98. The van der Waals surface area contributed by atoms with Gasteiger partial charge in [-0.15, -0.1) is 0 Å². The maximum atomic E-state index is 12.2. The van der Waals surface area contributed by atoms with E-state index in [1.165, 1.54) is 18.6 Å². The number of nitro benzene ring substituents is 1. The predicted octanol–water partition coefficient (Wildman–Crippen LogP) is 1.80. The van der Waals surface area contributed by atoms with E-state index in [4.69, 9.17) is 0 Å². The molecule has 1 aromatic rings. The van der Waals surface area contributed by atoms with Gasteiger partial charge in [0, 0.05) is 30.3 Å². The van der Waals surface area contributed by atoms with E-state index in [-0.39, 0.29) is 18.0 Å². The summed E-state index contributed by atoms with van der Waals surface area (Å²) in [4.78, 5) is 26.8. The van der Waals surface area contributed by atoms with Gasteiger partial charge in [0.1, 0.15) is 0 Å². The minimum atomic E-state index is -0.478. The average Bonchev–Trinajstić information content (AvgIpc) is 2.84. The molecule has 1 aliphatic heterocycles. The van der Waals surface area contributed by atoms with Gasteiger partial charge in [-0.05, 0) is 33.5 Å². The van der Waals surface area contributed by atoms with Crippen molar-refractivity contribution >= 4 is 11.5 Å². The van der Waals surface area contributed by atoms with Gasteiger partial charge in [0.15, 0.2) is 5.78 Å². The SMILES string of the molecule is CN(CC(=O)c1cccc([N+](=O)[O-])c1)CC1CCCN1C. The van der Waals surface area contributed by atoms with Gasteiger partial charge >= 0.3 is 0 Å². The zero-order valence-corrected chi connectivity index (χ0v) is 12.5. The van der Waals surface area contributed by atoms with Crippen LogP contribution in [0.15, 0.2) is 24.3 Å². The molecule has 1 aromatic carbocycles. The Kier molecular flexibility index (Phi) is 5.03. The second kappa shape index (κ2) is 6.78. The van der Waals surface area contributed by atoms with Gasteiger partial charge in [0.05, 0.1) is 11.5 Å². The molecule has 1 fully saturated rings. The van der Waals surface area contributed by atoms with Crippen LogP contribution in [-0.2, 0) is 0 Å². The predicted molar refractivity (Wildman–Crippen MR) is 80.6 cm³/mol. The highest BCUT2D eigenvalue weighted by Gasteiger charge is 2.23. The summed E-state index contributed by atoms with van der Waals surface area (Å²) in [7, 11) is 4.02. The summed E-state index contributed by atoms with van der Waals surface area (Å²) >= 11 is 0. The summed E-state index contributed by atoms with van der Waals surface area (Å²) in [5.41, 5.74) is 0.356. The van der Waals surface area contributed by atoms with Crippen LogP contribution in [0.2, 0.25) is 0 Å². The molecule has 0 spiro atoms. The number of hydrogen-bond donors (Lipinski definition) is 0. The quantitative estimate of drug-likeness (QED) is 0.454. The third kappa shape index (κ3) is 4.09. The molecular formula is C15H21N3O3. The van der Waals surface area contributed by atoms with Crippen molar-refractivity contribution in [1.82, 2.24) is 9.80 Å². The molecule has 6 heteroatoms. The van der Waals surface area contributed by atoms with E-state index < -0.39 is 4.92 Å². The Morgan fingerprint density at radius 2 is 2.29 bits per heavy atom. The number of nitro groups is 1. The second-order valence-corrected chi connectivity index (χ2v) is 5.70. The van der Waals surface area contributed by atoms with Gasteiger partial charge in [0.25, 0.3) is 5.69 Å². The van der Waals surface area contributed by atoms with E-state index in [1.54, 1.807) is 12.1 Å². The first kappa shape index (κ1) is 15.6. The minimum Gasteiger partial charge on any atom is -0.302 e. The lowest BCUT2D eigenvalue weighted by molar-refractivity contribution is -0.384. The molecule has 6 nitrogen and oxygen atoms in total. The topological polar surface area (TPSA) is 66.7 Å². The highest BCUT2D eigenvalue weighted by Crippen LogP contribution is 2.16. The minimum absolute atomic E-state index is 0.0426. The number of nitrogens with zero attached hydrogens (tertiary/aromatic N) is 3. The van der Waals surface area contributed by atoms with Crippen molar-refractivity contribution in [3.8, 4) is 0 Å². The summed E-state index contributed by atoms with van der Waals surface area (Å²) in [6.45, 7) is 2.24. The summed E-state index contributed by atoms with van der Waals surface area (Å²) in [5, 5.41) is 10.7. The van der Waals surface area contributed by atoms with Crippen molar-refractivity contribution in [1.29, 1.82) is 0 Å². The smallest absolute Gasteiger partial charge is 0.270 e. The fourth-order valence-electron chi connectivity index (χ4n) is 2.76. The van der Waals surface area contributed by atoms with Crippen LogP contribution in [0.5, 0.6) is 0 Å². The van der Waals surface area contributed by atoms with Crippen LogP contribution in [0.25, 0.3) is 0 Å². The van der Waals surface area contributed by atoms with Gasteiger partial charge in [-0.3, -0.25) is 19.8 Å². The third-order valence-corrected chi connectivity index (χ3v) is 3.99. The molecule has 0 aliphatic carbocycles. The summed E-state index contributed by atoms with van der Waals surface area (Å²) in [6.07, 6.45) is 2.36. The Morgan fingerprint density at radius 1 is 1.52 bits per heavy atom. The number of rotatable bonds is 6. The van der Waals surface area contributed by atoms with Crippen LogP contribution in [0.4, 0.5) is 5.69 Å². The fourth-order valence-corrected chi connectivity index (χ4v) is 2.76. The molecule has 2 rings (SSSR count). The second-order valence-electron chi connectivity index (χ2n) is 5.70. The van der Waals surface area contributed by atoms with Crippen LogP contribution >= 0.6 is 0 Å². The summed E-state index contributed by atoms with van der Waals surface area (Å²) < 4.78 is 0. The van der Waals surface area contributed by atoms with Crippen molar-refractivity contribution in [3.05, 3.63) is 39.9 Å². The zero-order chi connectivity index (χ0) is 15.4. The molecule has 1 saturated heterocycles. The maximum absolute atomic E-state index is 12.2.